The van der Waals surface area contributed by atoms with Gasteiger partial charge >= 0.3 is 0 Å². The Hall–Kier alpha value is -1.55. The minimum Gasteiger partial charge on any atom is -0.481 e. The molecule has 1 rings (SSSR count). The lowest BCUT2D eigenvalue weighted by Crippen LogP contribution is -2.36. The summed E-state index contributed by atoms with van der Waals surface area (Å²) in [5, 5.41) is 2.82. The molecule has 0 heterocycles. The summed E-state index contributed by atoms with van der Waals surface area (Å²) in [6.45, 7) is 6.47. The average Bonchev–Trinajstić information content (AvgIpc) is 2.43. The fraction of sp³-hybridized carbons (Fsp3) is 0.562. The molecule has 0 aliphatic rings. The Kier molecular flexibility index (Phi) is 7.09. The maximum absolute atomic E-state index is 11.7. The van der Waals surface area contributed by atoms with Gasteiger partial charge in [-0.3, -0.25) is 4.79 Å². The van der Waals surface area contributed by atoms with Crippen LogP contribution in [0.4, 0.5) is 0 Å². The topological polar surface area (TPSA) is 64.3 Å². The molecule has 0 aromatic heterocycles. The molecule has 0 spiro atoms. The molecule has 112 valence electrons. The smallest absolute Gasteiger partial charge is 0.260 e. The van der Waals surface area contributed by atoms with Crippen LogP contribution in [0.15, 0.2) is 24.3 Å². The van der Waals surface area contributed by atoms with Crippen LogP contribution in [-0.4, -0.2) is 24.6 Å². The summed E-state index contributed by atoms with van der Waals surface area (Å²) >= 11 is 0. The van der Waals surface area contributed by atoms with E-state index in [4.69, 9.17) is 10.5 Å². The molecule has 0 fully saturated rings. The second kappa shape index (κ2) is 8.59. The van der Waals surface area contributed by atoms with E-state index in [-0.39, 0.29) is 11.9 Å². The number of nitrogens with one attached hydrogen (secondary N) is 1. The third-order valence-electron chi connectivity index (χ3n) is 3.04. The lowest BCUT2D eigenvalue weighted by atomic mass is 10.1. The molecule has 0 saturated heterocycles. The highest BCUT2D eigenvalue weighted by atomic mass is 16.5. The zero-order valence-electron chi connectivity index (χ0n) is 12.7. The number of benzene rings is 1. The van der Waals surface area contributed by atoms with Crippen molar-refractivity contribution in [2.24, 2.45) is 5.73 Å². The molecule has 20 heavy (non-hydrogen) atoms. The van der Waals surface area contributed by atoms with E-state index in [1.165, 1.54) is 5.56 Å². The highest BCUT2D eigenvalue weighted by Crippen LogP contribution is 2.15. The van der Waals surface area contributed by atoms with Gasteiger partial charge in [0.1, 0.15) is 5.75 Å². The van der Waals surface area contributed by atoms with Crippen LogP contribution in [0, 0.1) is 0 Å². The minimum absolute atomic E-state index is 0.0760. The van der Waals surface area contributed by atoms with Gasteiger partial charge in [-0.25, -0.2) is 0 Å². The van der Waals surface area contributed by atoms with E-state index in [2.05, 4.69) is 5.32 Å². The van der Waals surface area contributed by atoms with Gasteiger partial charge in [-0.2, -0.15) is 0 Å². The monoisotopic (exact) mass is 278 g/mol. The van der Waals surface area contributed by atoms with E-state index >= 15 is 0 Å². The number of hydrogen-bond acceptors (Lipinski definition) is 3. The fourth-order valence-electron chi connectivity index (χ4n) is 1.78. The van der Waals surface area contributed by atoms with Crippen LogP contribution in [-0.2, 0) is 11.2 Å². The van der Waals surface area contributed by atoms with E-state index < -0.39 is 6.10 Å². The van der Waals surface area contributed by atoms with Crippen LogP contribution in [0.25, 0.3) is 0 Å². The van der Waals surface area contributed by atoms with Gasteiger partial charge in [0.15, 0.2) is 6.10 Å². The Morgan fingerprint density at radius 2 is 1.95 bits per heavy atom. The Bertz CT molecular complexity index is 401. The summed E-state index contributed by atoms with van der Waals surface area (Å²) in [4.78, 5) is 11.7. The van der Waals surface area contributed by atoms with Crippen molar-refractivity contribution in [3.05, 3.63) is 29.8 Å². The first-order valence-electron chi connectivity index (χ1n) is 7.31. The normalized spacial score (nSPS) is 13.6. The van der Waals surface area contributed by atoms with Crippen molar-refractivity contribution in [2.45, 2.75) is 52.2 Å². The molecule has 0 aliphatic carbocycles. The van der Waals surface area contributed by atoms with Crippen molar-refractivity contribution in [1.82, 2.24) is 5.32 Å². The molecule has 0 saturated carbocycles. The van der Waals surface area contributed by atoms with Gasteiger partial charge in [0.05, 0.1) is 0 Å². The Labute approximate surface area is 121 Å². The molecule has 1 amide bonds. The number of carbonyl (C=O) groups is 1. The largest absolute Gasteiger partial charge is 0.481 e. The summed E-state index contributed by atoms with van der Waals surface area (Å²) in [6, 6.07) is 8.07. The van der Waals surface area contributed by atoms with Gasteiger partial charge in [0.2, 0.25) is 0 Å². The van der Waals surface area contributed by atoms with Crippen LogP contribution in [0.3, 0.4) is 0 Å². The molecule has 2 atom stereocenters. The molecule has 2 unspecified atom stereocenters. The number of aryl methyl sites for hydroxylation is 1. The van der Waals surface area contributed by atoms with E-state index in [0.717, 1.165) is 19.3 Å². The van der Waals surface area contributed by atoms with Gasteiger partial charge in [-0.05, 0) is 50.8 Å². The Morgan fingerprint density at radius 1 is 1.30 bits per heavy atom. The Balaban J connectivity index is 2.46. The van der Waals surface area contributed by atoms with Crippen LogP contribution in [0.2, 0.25) is 0 Å². The molecule has 0 bridgehead atoms. The van der Waals surface area contributed by atoms with E-state index in [1.54, 1.807) is 6.92 Å². The molecule has 3 N–H and O–H groups in total. The third kappa shape index (κ3) is 6.06. The fourth-order valence-corrected chi connectivity index (χ4v) is 1.78. The van der Waals surface area contributed by atoms with Crippen molar-refractivity contribution in [1.29, 1.82) is 0 Å². The van der Waals surface area contributed by atoms with Crippen molar-refractivity contribution in [3.63, 3.8) is 0 Å². The number of ether oxygens (including phenoxy) is 1. The quantitative estimate of drug-likeness (QED) is 0.766. The standard InChI is InChI=1S/C16H26N2O2/c1-4-11-18-16(19)13(3)20-15-9-7-14(8-10-15)6-5-12(2)17/h7-10,12-13H,4-6,11,17H2,1-3H3,(H,18,19). The molecule has 4 nitrogen and oxygen atoms in total. The first-order chi connectivity index (χ1) is 9.52. The van der Waals surface area contributed by atoms with Crippen LogP contribution in [0.5, 0.6) is 5.75 Å². The number of carbonyl (C=O) groups excluding carboxylic acids is 1. The summed E-state index contributed by atoms with van der Waals surface area (Å²) in [7, 11) is 0. The van der Waals surface area contributed by atoms with Gasteiger partial charge in [-0.15, -0.1) is 0 Å². The molecular formula is C16H26N2O2. The summed E-state index contributed by atoms with van der Waals surface area (Å²) in [6.07, 6.45) is 2.38. The number of hydrogen-bond donors (Lipinski definition) is 2. The third-order valence-corrected chi connectivity index (χ3v) is 3.04. The predicted molar refractivity (Wildman–Crippen MR) is 81.8 cm³/mol. The summed E-state index contributed by atoms with van der Waals surface area (Å²) < 4.78 is 5.62. The maximum Gasteiger partial charge on any atom is 0.260 e. The van der Waals surface area contributed by atoms with Crippen molar-refractivity contribution in [3.8, 4) is 5.75 Å². The molecule has 1 aromatic rings. The highest BCUT2D eigenvalue weighted by Gasteiger charge is 2.13. The summed E-state index contributed by atoms with van der Waals surface area (Å²) in [5.74, 6) is 0.640. The van der Waals surface area contributed by atoms with Gasteiger partial charge < -0.3 is 15.8 Å². The lowest BCUT2D eigenvalue weighted by molar-refractivity contribution is -0.127. The molecule has 1 aromatic carbocycles. The summed E-state index contributed by atoms with van der Waals surface area (Å²) in [5.41, 5.74) is 6.97. The van der Waals surface area contributed by atoms with Crippen LogP contribution >= 0.6 is 0 Å². The van der Waals surface area contributed by atoms with Crippen molar-refractivity contribution in [2.75, 3.05) is 6.54 Å². The second-order valence-corrected chi connectivity index (χ2v) is 5.21. The Morgan fingerprint density at radius 3 is 2.50 bits per heavy atom. The van der Waals surface area contributed by atoms with Gasteiger partial charge in [0, 0.05) is 12.6 Å². The predicted octanol–water partition coefficient (Wildman–Crippen LogP) is 2.26. The highest BCUT2D eigenvalue weighted by molar-refractivity contribution is 5.80. The van der Waals surface area contributed by atoms with Gasteiger partial charge in [0.25, 0.3) is 5.91 Å². The van der Waals surface area contributed by atoms with E-state index in [9.17, 15) is 4.79 Å². The second-order valence-electron chi connectivity index (χ2n) is 5.21. The first kappa shape index (κ1) is 16.5. The number of nitrogens with two attached hydrogens (primary N) is 1. The van der Waals surface area contributed by atoms with Crippen molar-refractivity contribution < 1.29 is 9.53 Å². The zero-order chi connectivity index (χ0) is 15.0. The number of amides is 1. The van der Waals surface area contributed by atoms with E-state index in [1.807, 2.05) is 38.1 Å². The molecule has 0 radical (unpaired) electrons. The first-order valence-corrected chi connectivity index (χ1v) is 7.31. The van der Waals surface area contributed by atoms with Crippen molar-refractivity contribution >= 4 is 5.91 Å². The maximum atomic E-state index is 11.7. The van der Waals surface area contributed by atoms with Crippen LogP contribution < -0.4 is 15.8 Å². The molecule has 4 heteroatoms. The molecular weight excluding hydrogens is 252 g/mol. The SMILES string of the molecule is CCCNC(=O)C(C)Oc1ccc(CCC(C)N)cc1. The minimum atomic E-state index is -0.475. The van der Waals surface area contributed by atoms with Gasteiger partial charge in [-0.1, -0.05) is 19.1 Å². The number of rotatable bonds is 8. The van der Waals surface area contributed by atoms with E-state index in [0.29, 0.717) is 12.3 Å². The lowest BCUT2D eigenvalue weighted by Gasteiger charge is -2.14. The molecule has 0 aliphatic heterocycles. The zero-order valence-corrected chi connectivity index (χ0v) is 12.7. The average molecular weight is 278 g/mol. The van der Waals surface area contributed by atoms with Crippen LogP contribution in [0.1, 0.15) is 39.2 Å².